The topological polar surface area (TPSA) is 387 Å². The SMILES string of the molecule is C1CCOC1.CC(C)(C)OC(=O)N[C@H](C(=O)O)c1ccccc1.CC1CCN(C(=O)[C@@H](N)c2ccccc2)CC1.CC1CCN(C(=O)[C@@H](NC(=O)OC(C)(C)C)c2ccccc2)CC1.CC1CCN(C(=O)[C@H](c2ccccc2)n2cnc([N+](=O)[O-])c2)CC1.CC1CCNCC1.O=[N+]([O-])c1cn([N+](=O)[O-])cn1. The van der Waals surface area contributed by atoms with Gasteiger partial charge in [0.15, 0.2) is 17.3 Å². The fourth-order valence-corrected chi connectivity index (χ4v) is 11.4. The number of amides is 5. The second-order valence-electron chi connectivity index (χ2n) is 28.8. The average Bonchev–Trinajstić information content (AvgIpc) is 1.52. The normalized spacial score (nSPS) is 16.7. The molecule has 30 nitrogen and oxygen atoms in total. The van der Waals surface area contributed by atoms with Gasteiger partial charge in [-0.3, -0.25) is 19.0 Å². The maximum atomic E-state index is 13.1. The van der Waals surface area contributed by atoms with Crippen molar-refractivity contribution < 1.29 is 63.0 Å². The quantitative estimate of drug-likeness (QED) is 0.0499. The van der Waals surface area contributed by atoms with Crippen LogP contribution in [-0.4, -0.2) is 167 Å². The van der Waals surface area contributed by atoms with Crippen molar-refractivity contribution in [2.45, 2.75) is 169 Å². The number of hydrogen-bond acceptors (Lipinski definition) is 19. The molecule has 106 heavy (non-hydrogen) atoms. The average molecular weight is 1470 g/mol. The van der Waals surface area contributed by atoms with Crippen LogP contribution < -0.4 is 21.7 Å². The monoisotopic (exact) mass is 1470 g/mol. The van der Waals surface area contributed by atoms with Crippen LogP contribution in [0.4, 0.5) is 21.2 Å². The van der Waals surface area contributed by atoms with E-state index in [-0.39, 0.29) is 23.5 Å². The van der Waals surface area contributed by atoms with Gasteiger partial charge in [-0.2, -0.15) is 0 Å². The molecule has 578 valence electrons. The molecule has 0 unspecified atom stereocenters. The minimum atomic E-state index is -1.13. The fourth-order valence-electron chi connectivity index (χ4n) is 11.4. The summed E-state index contributed by atoms with van der Waals surface area (Å²) >= 11 is 0. The van der Waals surface area contributed by atoms with Crippen molar-refractivity contribution in [1.82, 2.24) is 49.9 Å². The number of carbonyl (C=O) groups is 6. The van der Waals surface area contributed by atoms with Crippen molar-refractivity contribution in [3.8, 4) is 0 Å². The molecule has 0 aliphatic carbocycles. The summed E-state index contributed by atoms with van der Waals surface area (Å²) in [4.78, 5) is 115. The molecule has 5 amide bonds. The molecule has 30 heteroatoms. The summed E-state index contributed by atoms with van der Waals surface area (Å²) in [6.07, 6.45) is 14.3. The van der Waals surface area contributed by atoms with Gasteiger partial charge in [-0.1, -0.05) is 149 Å². The van der Waals surface area contributed by atoms with Gasteiger partial charge in [-0.05, 0) is 189 Å². The van der Waals surface area contributed by atoms with Crippen molar-refractivity contribution in [3.63, 3.8) is 0 Å². The first-order valence-corrected chi connectivity index (χ1v) is 36.1. The van der Waals surface area contributed by atoms with Crippen molar-refractivity contribution >= 4 is 47.5 Å². The van der Waals surface area contributed by atoms with Crippen molar-refractivity contribution in [3.05, 3.63) is 199 Å². The first-order valence-electron chi connectivity index (χ1n) is 36.1. The molecular weight excluding hydrogens is 1360 g/mol. The summed E-state index contributed by atoms with van der Waals surface area (Å²) in [7, 11) is 0. The molecule has 0 spiro atoms. The number of nitrogens with two attached hydrogens (primary N) is 1. The lowest BCUT2D eigenvalue weighted by atomic mass is 9.97. The molecule has 5 fully saturated rings. The summed E-state index contributed by atoms with van der Waals surface area (Å²) in [5.41, 5.74) is 7.71. The van der Waals surface area contributed by atoms with E-state index in [0.29, 0.717) is 22.1 Å². The largest absolute Gasteiger partial charge is 0.479 e. The van der Waals surface area contributed by atoms with E-state index in [1.165, 1.54) is 55.9 Å². The van der Waals surface area contributed by atoms with E-state index in [0.717, 1.165) is 132 Å². The molecule has 11 rings (SSSR count). The predicted molar refractivity (Wildman–Crippen MR) is 399 cm³/mol. The Morgan fingerprint density at radius 2 is 0.877 bits per heavy atom. The standard InChI is InChI=1S/C19H28N2O3.C17H20N4O3.C14H20N2O.C13H17NO4.C6H13N.C4H8O.C3H2N4O4/c1-14-10-12-21(13-11-14)17(22)16(15-8-6-5-7-9-15)20-18(23)24-19(2,3)4;1-13-7-9-19(10-8-13)17(22)16(14-5-3-2-4-6-14)20-11-15(18-12-20)21(23)24;1-11-7-9-16(10-8-11)14(17)13(15)12-5-3-2-4-6-12;1-13(2,3)18-12(17)14-10(11(15)16)9-7-5-4-6-8-9;1-6-2-4-7-5-3-6;1-2-4-5-3-1;8-6(9)3-1-5(2-4-3)7(10)11/h5-9,14,16H,10-13H2,1-4H3,(H,20,23);2-6,11-13,16H,7-10H2,1H3;2-6,11,13H,7-10,15H2,1H3;4-8,10H,1-3H3,(H,14,17)(H,15,16);6-7H,2-5H2,1H3;1-4H2;1-2H/t2*16-;13-;10-;;;/m0000.../s1. The van der Waals surface area contributed by atoms with Crippen LogP contribution in [0.5, 0.6) is 0 Å². The van der Waals surface area contributed by atoms with E-state index < -0.39 is 74.2 Å². The molecule has 7 heterocycles. The van der Waals surface area contributed by atoms with E-state index in [4.69, 9.17) is 25.1 Å². The van der Waals surface area contributed by atoms with E-state index >= 15 is 0 Å². The third kappa shape index (κ3) is 31.2. The molecule has 0 radical (unpaired) electrons. The van der Waals surface area contributed by atoms with Crippen LogP contribution in [-0.2, 0) is 33.4 Å². The van der Waals surface area contributed by atoms with Gasteiger partial charge in [-0.25, -0.2) is 24.5 Å². The van der Waals surface area contributed by atoms with Crippen LogP contribution in [0.25, 0.3) is 0 Å². The summed E-state index contributed by atoms with van der Waals surface area (Å²) in [5.74, 6) is 0.988. The smallest absolute Gasteiger partial charge is 0.408 e. The van der Waals surface area contributed by atoms with Gasteiger partial charge >= 0.3 is 29.8 Å². The Labute approximate surface area is 620 Å². The highest BCUT2D eigenvalue weighted by atomic mass is 16.7. The zero-order chi connectivity index (χ0) is 77.9. The Kier molecular flexibility index (Phi) is 35.8. The minimum Gasteiger partial charge on any atom is -0.479 e. The number of likely N-dealkylation sites (tertiary alicyclic amines) is 3. The highest BCUT2D eigenvalue weighted by Crippen LogP contribution is 2.28. The van der Waals surface area contributed by atoms with E-state index in [1.807, 2.05) is 106 Å². The predicted octanol–water partition coefficient (Wildman–Crippen LogP) is 12.1. The number of imidazole rings is 2. The van der Waals surface area contributed by atoms with Crippen LogP contribution >= 0.6 is 0 Å². The summed E-state index contributed by atoms with van der Waals surface area (Å²) in [6.45, 7) is 28.6. The van der Waals surface area contributed by atoms with E-state index in [1.54, 1.807) is 71.9 Å². The maximum Gasteiger partial charge on any atom is 0.408 e. The van der Waals surface area contributed by atoms with Crippen LogP contribution in [0.3, 0.4) is 0 Å². The second-order valence-corrected chi connectivity index (χ2v) is 28.8. The number of carboxylic acids is 1. The van der Waals surface area contributed by atoms with Gasteiger partial charge in [0.1, 0.15) is 35.5 Å². The Morgan fingerprint density at radius 1 is 0.519 bits per heavy atom. The van der Waals surface area contributed by atoms with E-state index in [2.05, 4.69) is 53.6 Å². The number of carboxylic acid groups (broad SMARTS) is 1. The lowest BCUT2D eigenvalue weighted by molar-refractivity contribution is -0.542. The molecule has 2 aromatic heterocycles. The highest BCUT2D eigenvalue weighted by Gasteiger charge is 2.34. The molecule has 4 aromatic carbocycles. The summed E-state index contributed by atoms with van der Waals surface area (Å²) in [6, 6.07) is 33.8. The van der Waals surface area contributed by atoms with Crippen LogP contribution in [0.15, 0.2) is 146 Å². The number of aliphatic carboxylic acids is 1. The van der Waals surface area contributed by atoms with Crippen LogP contribution in [0.2, 0.25) is 0 Å². The van der Waals surface area contributed by atoms with Gasteiger partial charge in [0.05, 0.1) is 0 Å². The summed E-state index contributed by atoms with van der Waals surface area (Å²) in [5, 5.41) is 47.5. The number of hydrogen-bond donors (Lipinski definition) is 5. The number of rotatable bonds is 14. The third-order valence-corrected chi connectivity index (χ3v) is 17.6. The Hall–Kier alpha value is -10.2. The first-order chi connectivity index (χ1) is 50.3. The first kappa shape index (κ1) is 86.4. The number of ether oxygens (including phenoxy) is 3. The lowest BCUT2D eigenvalue weighted by Gasteiger charge is -2.33. The molecule has 0 saturated carbocycles. The summed E-state index contributed by atoms with van der Waals surface area (Å²) < 4.78 is 17.2. The second kappa shape index (κ2) is 43.9. The number of nitro groups is 3. The third-order valence-electron chi connectivity index (χ3n) is 17.6. The molecule has 5 aliphatic rings. The lowest BCUT2D eigenvalue weighted by Crippen LogP contribution is -2.46. The molecule has 4 atom stereocenters. The minimum absolute atomic E-state index is 0.0413. The Balaban J connectivity index is 0.000000232. The zero-order valence-corrected chi connectivity index (χ0v) is 62.7. The van der Waals surface area contributed by atoms with Crippen LogP contribution in [0, 0.1) is 54.0 Å². The number of aromatic nitrogens is 4. The molecule has 5 saturated heterocycles. The highest BCUT2D eigenvalue weighted by molar-refractivity contribution is 5.87. The number of carbonyl (C=O) groups excluding carboxylic acids is 5. The molecule has 6 N–H and O–H groups in total. The maximum absolute atomic E-state index is 13.1. The van der Waals surface area contributed by atoms with Gasteiger partial charge < -0.3 is 75.9 Å². The number of piperidine rings is 4. The number of benzene rings is 4. The van der Waals surface area contributed by atoms with Gasteiger partial charge in [0, 0.05) is 52.5 Å². The van der Waals surface area contributed by atoms with Gasteiger partial charge in [-0.15, -0.1) is 0 Å². The van der Waals surface area contributed by atoms with Crippen LogP contribution in [0.1, 0.15) is 180 Å². The molecule has 6 aromatic rings. The Morgan fingerprint density at radius 3 is 1.22 bits per heavy atom. The van der Waals surface area contributed by atoms with E-state index in [9.17, 15) is 59.1 Å². The van der Waals surface area contributed by atoms with Gasteiger partial charge in [0.25, 0.3) is 6.33 Å². The molecule has 5 aliphatic heterocycles. The number of alkyl carbamates (subject to hydrolysis) is 2. The number of nitrogens with zero attached hydrogens (tertiary/aromatic N) is 10. The molecule has 0 bridgehead atoms. The molecular formula is C76H108N14O16. The van der Waals surface area contributed by atoms with Crippen molar-refractivity contribution in [2.24, 2.45) is 29.4 Å². The van der Waals surface area contributed by atoms with Crippen molar-refractivity contribution in [2.75, 3.05) is 65.6 Å². The Bertz CT molecular complexity index is 3620. The van der Waals surface area contributed by atoms with Crippen molar-refractivity contribution in [1.29, 1.82) is 0 Å². The fraction of sp³-hybridized carbons (Fsp3) is 0.526. The van der Waals surface area contributed by atoms with Gasteiger partial charge in [0.2, 0.25) is 24.0 Å². The number of nitrogens with one attached hydrogen (secondary N) is 3. The zero-order valence-electron chi connectivity index (χ0n) is 62.7.